The molecular formula is C19H16F3NO3. The van der Waals surface area contributed by atoms with E-state index in [2.05, 4.69) is 0 Å². The maximum atomic E-state index is 13.4. The molecule has 0 bridgehead atoms. The topological polar surface area (TPSA) is 59.3 Å². The molecule has 0 N–H and O–H groups in total. The molecule has 136 valence electrons. The quantitative estimate of drug-likeness (QED) is 0.735. The predicted octanol–water partition coefficient (Wildman–Crippen LogP) is 4.48. The van der Waals surface area contributed by atoms with Crippen LogP contribution < -0.4 is 4.74 Å². The summed E-state index contributed by atoms with van der Waals surface area (Å²) in [7, 11) is 0. The van der Waals surface area contributed by atoms with Crippen molar-refractivity contribution in [2.45, 2.75) is 32.2 Å². The highest BCUT2D eigenvalue weighted by atomic mass is 19.4. The van der Waals surface area contributed by atoms with Crippen LogP contribution in [0, 0.1) is 18.3 Å². The Labute approximate surface area is 148 Å². The van der Waals surface area contributed by atoms with Gasteiger partial charge in [0.05, 0.1) is 11.6 Å². The molecule has 0 heterocycles. The van der Waals surface area contributed by atoms with Crippen LogP contribution in [0.2, 0.25) is 0 Å². The summed E-state index contributed by atoms with van der Waals surface area (Å²) in [5, 5.41) is 8.73. The molecule has 26 heavy (non-hydrogen) atoms. The number of nitriles is 1. The van der Waals surface area contributed by atoms with Gasteiger partial charge in [-0.3, -0.25) is 0 Å². The summed E-state index contributed by atoms with van der Waals surface area (Å²) in [6.07, 6.45) is -8.38. The average molecular weight is 363 g/mol. The van der Waals surface area contributed by atoms with Gasteiger partial charge in [-0.25, -0.2) is 4.79 Å². The number of benzene rings is 2. The molecule has 2 aromatic rings. The van der Waals surface area contributed by atoms with E-state index in [0.717, 1.165) is 0 Å². The van der Waals surface area contributed by atoms with Gasteiger partial charge in [0.25, 0.3) is 0 Å². The van der Waals surface area contributed by atoms with Crippen LogP contribution in [0.3, 0.4) is 0 Å². The van der Waals surface area contributed by atoms with Gasteiger partial charge in [-0.05, 0) is 43.7 Å². The smallest absolute Gasteiger partial charge is 0.429 e. The second-order valence-corrected chi connectivity index (χ2v) is 5.61. The van der Waals surface area contributed by atoms with Crippen LogP contribution in [0.4, 0.5) is 13.2 Å². The fraction of sp³-hybridized carbons (Fsp3) is 0.263. The number of halogens is 3. The lowest BCUT2D eigenvalue weighted by Crippen LogP contribution is -2.33. The summed E-state index contributed by atoms with van der Waals surface area (Å²) in [6, 6.07) is 13.6. The molecule has 0 amide bonds. The van der Waals surface area contributed by atoms with Crippen LogP contribution in [-0.4, -0.2) is 18.2 Å². The van der Waals surface area contributed by atoms with E-state index in [9.17, 15) is 18.0 Å². The van der Waals surface area contributed by atoms with Gasteiger partial charge < -0.3 is 9.47 Å². The molecule has 0 spiro atoms. The number of carbonyl (C=O) groups is 1. The summed E-state index contributed by atoms with van der Waals surface area (Å²) in [6.45, 7) is 2.81. The number of rotatable bonds is 5. The number of esters is 1. The lowest BCUT2D eigenvalue weighted by atomic mass is 10.0. The molecule has 0 radical (unpaired) electrons. The van der Waals surface area contributed by atoms with Crippen molar-refractivity contribution in [3.05, 3.63) is 65.2 Å². The van der Waals surface area contributed by atoms with Crippen molar-refractivity contribution in [2.75, 3.05) is 0 Å². The normalized spacial score (nSPS) is 13.4. The standard InChI is InChI=1S/C19H16F3NO3/c1-12-5-3-4-6-16(12)17(19(20,21)22)26-18(24)13(2)25-15-9-7-14(11-23)8-10-15/h3-10,13,17H,1-2H3/t13-,17-/m0/s1. The van der Waals surface area contributed by atoms with Gasteiger partial charge in [-0.15, -0.1) is 0 Å². The number of alkyl halides is 3. The van der Waals surface area contributed by atoms with E-state index >= 15 is 0 Å². The summed E-state index contributed by atoms with van der Waals surface area (Å²) in [5.74, 6) is -0.896. The Hall–Kier alpha value is -3.01. The largest absolute Gasteiger partial charge is 0.479 e. The molecule has 0 aromatic heterocycles. The van der Waals surface area contributed by atoms with Gasteiger partial charge >= 0.3 is 12.1 Å². The van der Waals surface area contributed by atoms with Gasteiger partial charge in [-0.2, -0.15) is 18.4 Å². The van der Waals surface area contributed by atoms with Crippen molar-refractivity contribution >= 4 is 5.97 Å². The first kappa shape index (κ1) is 19.3. The minimum Gasteiger partial charge on any atom is -0.479 e. The zero-order chi connectivity index (χ0) is 19.3. The minimum atomic E-state index is -4.75. The van der Waals surface area contributed by atoms with E-state index in [1.54, 1.807) is 6.07 Å². The van der Waals surface area contributed by atoms with Crippen LogP contribution >= 0.6 is 0 Å². The Kier molecular flexibility index (Phi) is 5.88. The van der Waals surface area contributed by atoms with Crippen molar-refractivity contribution in [2.24, 2.45) is 0 Å². The molecule has 2 rings (SSSR count). The zero-order valence-corrected chi connectivity index (χ0v) is 14.1. The van der Waals surface area contributed by atoms with E-state index in [1.165, 1.54) is 56.3 Å². The predicted molar refractivity (Wildman–Crippen MR) is 87.3 cm³/mol. The second-order valence-electron chi connectivity index (χ2n) is 5.61. The molecule has 0 unspecified atom stereocenters. The van der Waals surface area contributed by atoms with Crippen LogP contribution in [-0.2, 0) is 9.53 Å². The molecular weight excluding hydrogens is 347 g/mol. The highest BCUT2D eigenvalue weighted by molar-refractivity contribution is 5.75. The van der Waals surface area contributed by atoms with Crippen molar-refractivity contribution in [3.8, 4) is 11.8 Å². The maximum Gasteiger partial charge on any atom is 0.429 e. The number of aryl methyl sites for hydroxylation is 1. The van der Waals surface area contributed by atoms with Crippen molar-refractivity contribution < 1.29 is 27.4 Å². The third kappa shape index (κ3) is 4.76. The number of carbonyl (C=O) groups excluding carboxylic acids is 1. The van der Waals surface area contributed by atoms with E-state index in [0.29, 0.717) is 11.1 Å². The van der Waals surface area contributed by atoms with Crippen molar-refractivity contribution in [1.29, 1.82) is 5.26 Å². The summed E-state index contributed by atoms with van der Waals surface area (Å²) in [4.78, 5) is 12.1. The molecule has 0 saturated carbocycles. The number of nitrogens with zero attached hydrogens (tertiary/aromatic N) is 1. The average Bonchev–Trinajstić information content (AvgIpc) is 2.60. The Balaban J connectivity index is 2.13. The monoisotopic (exact) mass is 363 g/mol. The van der Waals surface area contributed by atoms with Crippen LogP contribution in [0.1, 0.15) is 29.7 Å². The number of ether oxygens (including phenoxy) is 2. The number of hydrogen-bond donors (Lipinski definition) is 0. The van der Waals surface area contributed by atoms with E-state index in [-0.39, 0.29) is 11.3 Å². The molecule has 0 aliphatic heterocycles. The van der Waals surface area contributed by atoms with Gasteiger partial charge in [0.1, 0.15) is 5.75 Å². The lowest BCUT2D eigenvalue weighted by molar-refractivity contribution is -0.227. The fourth-order valence-electron chi connectivity index (χ4n) is 2.26. The lowest BCUT2D eigenvalue weighted by Gasteiger charge is -2.24. The first-order valence-electron chi connectivity index (χ1n) is 7.72. The molecule has 0 aliphatic rings. The third-order valence-electron chi connectivity index (χ3n) is 3.63. The van der Waals surface area contributed by atoms with Gasteiger partial charge in [0.15, 0.2) is 6.10 Å². The first-order valence-corrected chi connectivity index (χ1v) is 7.72. The SMILES string of the molecule is Cc1ccccc1[C@H](OC(=O)[C@H](C)Oc1ccc(C#N)cc1)C(F)(F)F. The third-order valence-corrected chi connectivity index (χ3v) is 3.63. The van der Waals surface area contributed by atoms with E-state index in [1.807, 2.05) is 6.07 Å². The van der Waals surface area contributed by atoms with Gasteiger partial charge in [-0.1, -0.05) is 24.3 Å². The first-order chi connectivity index (χ1) is 12.2. The number of hydrogen-bond acceptors (Lipinski definition) is 4. The molecule has 7 heteroatoms. The molecule has 0 aliphatic carbocycles. The molecule has 2 aromatic carbocycles. The molecule has 2 atom stereocenters. The summed E-state index contributed by atoms with van der Waals surface area (Å²) in [5.41, 5.74) is 0.631. The fourth-order valence-corrected chi connectivity index (χ4v) is 2.26. The van der Waals surface area contributed by atoms with Gasteiger partial charge in [0.2, 0.25) is 6.10 Å². The highest BCUT2D eigenvalue weighted by Gasteiger charge is 2.45. The van der Waals surface area contributed by atoms with E-state index < -0.39 is 24.4 Å². The Bertz CT molecular complexity index is 810. The van der Waals surface area contributed by atoms with E-state index in [4.69, 9.17) is 14.7 Å². The van der Waals surface area contributed by atoms with Crippen LogP contribution in [0.15, 0.2) is 48.5 Å². The van der Waals surface area contributed by atoms with Crippen molar-refractivity contribution in [3.63, 3.8) is 0 Å². The Morgan fingerprint density at radius 2 is 1.73 bits per heavy atom. The maximum absolute atomic E-state index is 13.4. The second kappa shape index (κ2) is 7.91. The van der Waals surface area contributed by atoms with Gasteiger partial charge in [0, 0.05) is 5.56 Å². The summed E-state index contributed by atoms with van der Waals surface area (Å²) >= 11 is 0. The Morgan fingerprint density at radius 3 is 2.27 bits per heavy atom. The molecule has 0 fully saturated rings. The minimum absolute atomic E-state index is 0.126. The van der Waals surface area contributed by atoms with Crippen LogP contribution in [0.25, 0.3) is 0 Å². The molecule has 4 nitrogen and oxygen atoms in total. The molecule has 0 saturated heterocycles. The van der Waals surface area contributed by atoms with Crippen LogP contribution in [0.5, 0.6) is 5.75 Å². The Morgan fingerprint density at radius 1 is 1.12 bits per heavy atom. The zero-order valence-electron chi connectivity index (χ0n) is 14.1. The highest BCUT2D eigenvalue weighted by Crippen LogP contribution is 2.37. The summed E-state index contributed by atoms with van der Waals surface area (Å²) < 4.78 is 50.1. The van der Waals surface area contributed by atoms with Crippen molar-refractivity contribution in [1.82, 2.24) is 0 Å².